The maximum atomic E-state index is 13.8. The van der Waals surface area contributed by atoms with E-state index < -0.39 is 82.9 Å². The smallest absolute Gasteiger partial charge is 0.406 e. The lowest BCUT2D eigenvalue weighted by Gasteiger charge is -2.53. The highest BCUT2D eigenvalue weighted by atomic mass is 19.4. The maximum absolute atomic E-state index is 13.8. The van der Waals surface area contributed by atoms with Gasteiger partial charge in [0.25, 0.3) is 0 Å². The second kappa shape index (κ2) is 8.82. The van der Waals surface area contributed by atoms with E-state index in [-0.39, 0.29) is 11.4 Å². The number of hydrogen-bond acceptors (Lipinski definition) is 6. The van der Waals surface area contributed by atoms with Gasteiger partial charge in [0.05, 0.1) is 35.0 Å². The molecule has 6 atom stereocenters. The van der Waals surface area contributed by atoms with Gasteiger partial charge in [-0.3, -0.25) is 29.0 Å². The maximum Gasteiger partial charge on any atom is 0.573 e. The van der Waals surface area contributed by atoms with Crippen LogP contribution in [0.2, 0.25) is 0 Å². The van der Waals surface area contributed by atoms with Crippen molar-refractivity contribution in [2.24, 2.45) is 35.0 Å². The number of rotatable bonds is 4. The largest absolute Gasteiger partial charge is 0.573 e. The van der Waals surface area contributed by atoms with Gasteiger partial charge in [0.1, 0.15) is 11.5 Å². The van der Waals surface area contributed by atoms with Gasteiger partial charge in [0.2, 0.25) is 23.6 Å². The molecule has 14 heteroatoms. The molecule has 2 aromatic carbocycles. The van der Waals surface area contributed by atoms with E-state index in [1.807, 2.05) is 0 Å². The second-order valence-corrected chi connectivity index (χ2v) is 10.9. The Morgan fingerprint density at radius 3 is 1.31 bits per heavy atom. The molecule has 8 nitrogen and oxygen atoms in total. The van der Waals surface area contributed by atoms with Crippen molar-refractivity contribution in [2.75, 3.05) is 9.80 Å². The summed E-state index contributed by atoms with van der Waals surface area (Å²) in [6.07, 6.45) is -8.14. The Morgan fingerprint density at radius 2 is 0.976 bits per heavy atom. The summed E-state index contributed by atoms with van der Waals surface area (Å²) in [5.41, 5.74) is -0.621. The van der Waals surface area contributed by atoms with Crippen molar-refractivity contribution in [1.29, 1.82) is 0 Å². The summed E-state index contributed by atoms with van der Waals surface area (Å²) in [5.74, 6) is -8.63. The van der Waals surface area contributed by atoms with Gasteiger partial charge in [0, 0.05) is 11.3 Å². The fourth-order valence-electron chi connectivity index (χ4n) is 7.27. The average molecular weight is 594 g/mol. The third kappa shape index (κ3) is 4.06. The Bertz CT molecular complexity index is 1440. The zero-order valence-corrected chi connectivity index (χ0v) is 21.7. The molecular formula is C28H20F6N2O6. The first-order valence-corrected chi connectivity index (χ1v) is 12.7. The van der Waals surface area contributed by atoms with Gasteiger partial charge in [-0.25, -0.2) is 0 Å². The van der Waals surface area contributed by atoms with Crippen molar-refractivity contribution in [3.05, 3.63) is 60.2 Å². The van der Waals surface area contributed by atoms with Gasteiger partial charge in [0.15, 0.2) is 0 Å². The number of amides is 4. The van der Waals surface area contributed by atoms with Gasteiger partial charge >= 0.3 is 12.7 Å². The molecule has 0 N–H and O–H groups in total. The number of hydrogen-bond donors (Lipinski definition) is 0. The average Bonchev–Trinajstić information content (AvgIpc) is 3.30. The zero-order valence-electron chi connectivity index (χ0n) is 21.7. The van der Waals surface area contributed by atoms with Crippen LogP contribution in [0.1, 0.15) is 13.8 Å². The van der Waals surface area contributed by atoms with Crippen molar-refractivity contribution in [3.8, 4) is 11.5 Å². The normalized spacial score (nSPS) is 30.5. The number of allylic oxidation sites excluding steroid dienone is 2. The third-order valence-electron chi connectivity index (χ3n) is 8.54. The van der Waals surface area contributed by atoms with Crippen molar-refractivity contribution < 1.29 is 55.0 Å². The highest BCUT2D eigenvalue weighted by molar-refractivity contribution is 6.26. The van der Waals surface area contributed by atoms with Gasteiger partial charge < -0.3 is 9.47 Å². The van der Waals surface area contributed by atoms with Gasteiger partial charge in [-0.05, 0) is 55.5 Å². The molecule has 1 saturated carbocycles. The number of ether oxygens (including phenoxy) is 2. The lowest BCUT2D eigenvalue weighted by Crippen LogP contribution is -2.57. The quantitative estimate of drug-likeness (QED) is 0.282. The number of nitrogens with zero attached hydrogens (tertiary/aromatic N) is 2. The lowest BCUT2D eigenvalue weighted by atomic mass is 9.46. The molecule has 0 aromatic heterocycles. The number of anilines is 2. The van der Waals surface area contributed by atoms with Crippen LogP contribution >= 0.6 is 0 Å². The van der Waals surface area contributed by atoms with Crippen LogP contribution in [0, 0.1) is 35.0 Å². The molecule has 2 unspecified atom stereocenters. The highest BCUT2D eigenvalue weighted by Crippen LogP contribution is 2.66. The number of carbonyl (C=O) groups is 4. The number of benzene rings is 2. The Kier molecular flexibility index (Phi) is 5.84. The van der Waals surface area contributed by atoms with Crippen molar-refractivity contribution >= 4 is 35.0 Å². The molecule has 7 rings (SSSR count). The Morgan fingerprint density at radius 1 is 0.619 bits per heavy atom. The van der Waals surface area contributed by atoms with Crippen molar-refractivity contribution in [1.82, 2.24) is 0 Å². The SMILES string of the molecule is CC1=CC2(C)[C@@H]3C(=O)N(c4ccc(OC(F)(F)F)cc4)C(=O)[C@@H]3C1[C@@H]1C(=O)N(c3ccc(OC(F)(F)F)cc3)C(=O)[C@H]12. The summed E-state index contributed by atoms with van der Waals surface area (Å²) in [6, 6.07) is 8.44. The summed E-state index contributed by atoms with van der Waals surface area (Å²) < 4.78 is 83.2. The first kappa shape index (κ1) is 27.8. The fraction of sp³-hybridized carbons (Fsp3) is 0.357. The minimum absolute atomic E-state index is 0.0141. The third-order valence-corrected chi connectivity index (χ3v) is 8.54. The molecule has 3 aliphatic carbocycles. The highest BCUT2D eigenvalue weighted by Gasteiger charge is 2.74. The molecule has 2 bridgehead atoms. The molecule has 4 amide bonds. The van der Waals surface area contributed by atoms with E-state index in [1.54, 1.807) is 19.9 Å². The van der Waals surface area contributed by atoms with Gasteiger partial charge in [-0.15, -0.1) is 26.3 Å². The van der Waals surface area contributed by atoms with Crippen LogP contribution in [0.15, 0.2) is 60.2 Å². The van der Waals surface area contributed by atoms with E-state index in [0.29, 0.717) is 5.57 Å². The number of carbonyl (C=O) groups excluding carboxylic acids is 4. The predicted octanol–water partition coefficient (Wildman–Crippen LogP) is 4.99. The Balaban J connectivity index is 1.33. The van der Waals surface area contributed by atoms with Crippen LogP contribution in [0.25, 0.3) is 0 Å². The minimum Gasteiger partial charge on any atom is -0.406 e. The summed E-state index contributed by atoms with van der Waals surface area (Å²) in [7, 11) is 0. The van der Waals surface area contributed by atoms with Gasteiger partial charge in [-0.1, -0.05) is 18.6 Å². The molecule has 0 spiro atoms. The van der Waals surface area contributed by atoms with Crippen LogP contribution in [-0.2, 0) is 19.2 Å². The number of imide groups is 2. The Hall–Kier alpha value is -4.36. The van der Waals surface area contributed by atoms with Crippen LogP contribution in [0.4, 0.5) is 37.7 Å². The summed E-state index contributed by atoms with van der Waals surface area (Å²) in [4.78, 5) is 56.9. The van der Waals surface area contributed by atoms with Crippen LogP contribution in [0.5, 0.6) is 11.5 Å². The van der Waals surface area contributed by atoms with E-state index >= 15 is 0 Å². The molecule has 3 fully saturated rings. The lowest BCUT2D eigenvalue weighted by molar-refractivity contribution is -0.275. The second-order valence-electron chi connectivity index (χ2n) is 10.9. The fourth-order valence-corrected chi connectivity index (χ4v) is 7.27. The molecule has 42 heavy (non-hydrogen) atoms. The van der Waals surface area contributed by atoms with Crippen LogP contribution in [-0.4, -0.2) is 36.4 Å². The standard InChI is InChI=1S/C28H20F6N2O6/c1-12-11-26(2)20-18(22(37)35(24(20)39)13-3-7-15(8-4-13)41-27(29,30)31)17(12)19-21(26)25(40)36(23(19)38)14-5-9-16(10-6-14)42-28(32,33)34/h3-11,17-21H,1-2H3/t17?,18-,19+,20-,21-,26?/m0/s1. The topological polar surface area (TPSA) is 93.2 Å². The molecule has 0 radical (unpaired) electrons. The van der Waals surface area contributed by atoms with Crippen molar-refractivity contribution in [2.45, 2.75) is 26.6 Å². The molecule has 2 heterocycles. The summed E-state index contributed by atoms with van der Waals surface area (Å²) >= 11 is 0. The summed E-state index contributed by atoms with van der Waals surface area (Å²) in [5, 5.41) is 0. The van der Waals surface area contributed by atoms with E-state index in [1.165, 1.54) is 0 Å². The van der Waals surface area contributed by atoms with Gasteiger partial charge in [-0.2, -0.15) is 0 Å². The zero-order chi connectivity index (χ0) is 30.5. The monoisotopic (exact) mass is 594 g/mol. The van der Waals surface area contributed by atoms with E-state index in [4.69, 9.17) is 0 Å². The molecule has 2 aromatic rings. The summed E-state index contributed by atoms with van der Waals surface area (Å²) in [6.45, 7) is 3.31. The van der Waals surface area contributed by atoms with E-state index in [0.717, 1.165) is 58.3 Å². The van der Waals surface area contributed by atoms with Crippen LogP contribution in [0.3, 0.4) is 0 Å². The number of alkyl halides is 6. The molecule has 5 aliphatic rings. The van der Waals surface area contributed by atoms with E-state index in [9.17, 15) is 45.5 Å². The molecule has 220 valence electrons. The Labute approximate surface area is 233 Å². The predicted molar refractivity (Wildman–Crippen MR) is 131 cm³/mol. The first-order valence-electron chi connectivity index (χ1n) is 12.7. The van der Waals surface area contributed by atoms with Crippen LogP contribution < -0.4 is 19.3 Å². The molecule has 2 saturated heterocycles. The minimum atomic E-state index is -4.93. The van der Waals surface area contributed by atoms with Crippen molar-refractivity contribution in [3.63, 3.8) is 0 Å². The molecule has 2 aliphatic heterocycles. The number of halogens is 6. The van der Waals surface area contributed by atoms with E-state index in [2.05, 4.69) is 9.47 Å². The first-order chi connectivity index (χ1) is 19.5. The molecular weight excluding hydrogens is 574 g/mol.